The zero-order valence-corrected chi connectivity index (χ0v) is 13.2. The van der Waals surface area contributed by atoms with Crippen molar-refractivity contribution in [3.63, 3.8) is 0 Å². The Bertz CT molecular complexity index is 637. The largest absolute Gasteiger partial charge is 0.468 e. The number of nitrogens with zero attached hydrogens (tertiary/aromatic N) is 1. The smallest absolute Gasteiger partial charge is 0.408 e. The second-order valence-corrected chi connectivity index (χ2v) is 6.46. The van der Waals surface area contributed by atoms with Crippen LogP contribution in [-0.4, -0.2) is 41.5 Å². The molecule has 1 aliphatic heterocycles. The Morgan fingerprint density at radius 3 is 2.54 bits per heavy atom. The minimum atomic E-state index is -4.50. The number of piperidine rings is 1. The van der Waals surface area contributed by atoms with Crippen molar-refractivity contribution in [1.82, 2.24) is 10.2 Å². The highest BCUT2D eigenvalue weighted by molar-refractivity contribution is 5.96. The first-order valence-electron chi connectivity index (χ1n) is 7.99. The summed E-state index contributed by atoms with van der Waals surface area (Å²) in [7, 11) is 0. The maximum absolute atomic E-state index is 13.3. The number of hydrogen-bond donors (Lipinski definition) is 1. The van der Waals surface area contributed by atoms with E-state index in [2.05, 4.69) is 5.32 Å². The molecule has 0 spiro atoms. The third kappa shape index (κ3) is 3.42. The van der Waals surface area contributed by atoms with Crippen LogP contribution in [-0.2, 0) is 4.79 Å². The van der Waals surface area contributed by atoms with E-state index in [4.69, 9.17) is 4.42 Å². The quantitative estimate of drug-likeness (QED) is 0.917. The number of carbonyl (C=O) groups is 2. The average Bonchev–Trinajstić information content (AvgIpc) is 3.22. The predicted octanol–water partition coefficient (Wildman–Crippen LogP) is 2.83. The number of alkyl halides is 3. The highest BCUT2D eigenvalue weighted by Crippen LogP contribution is 2.43. The SMILES string of the molecule is CC(=O)N[C@@H]1CC[C@H](C(F)(F)F)N(C(=O)c2ccoc2C2CC2)C1. The Morgan fingerprint density at radius 1 is 1.25 bits per heavy atom. The lowest BCUT2D eigenvalue weighted by Crippen LogP contribution is -2.58. The maximum atomic E-state index is 13.3. The third-order valence-electron chi connectivity index (χ3n) is 4.50. The second kappa shape index (κ2) is 6.14. The average molecular weight is 344 g/mol. The van der Waals surface area contributed by atoms with Gasteiger partial charge >= 0.3 is 6.18 Å². The number of halogens is 3. The van der Waals surface area contributed by atoms with Gasteiger partial charge in [-0.1, -0.05) is 0 Å². The summed E-state index contributed by atoms with van der Waals surface area (Å²) in [5.41, 5.74) is 0.204. The van der Waals surface area contributed by atoms with Crippen molar-refractivity contribution in [3.05, 3.63) is 23.7 Å². The molecule has 1 aromatic heterocycles. The van der Waals surface area contributed by atoms with Crippen LogP contribution in [0.2, 0.25) is 0 Å². The molecule has 1 saturated carbocycles. The van der Waals surface area contributed by atoms with Crippen LogP contribution in [0.25, 0.3) is 0 Å². The van der Waals surface area contributed by atoms with Gasteiger partial charge in [-0.15, -0.1) is 0 Å². The highest BCUT2D eigenvalue weighted by atomic mass is 19.4. The molecule has 0 radical (unpaired) electrons. The number of nitrogens with one attached hydrogen (secondary N) is 1. The van der Waals surface area contributed by atoms with Crippen molar-refractivity contribution < 1.29 is 27.2 Å². The first kappa shape index (κ1) is 16.9. The van der Waals surface area contributed by atoms with Crippen LogP contribution in [0.4, 0.5) is 13.2 Å². The molecule has 5 nitrogen and oxygen atoms in total. The number of likely N-dealkylation sites (tertiary alicyclic amines) is 1. The van der Waals surface area contributed by atoms with Gasteiger partial charge in [0.15, 0.2) is 0 Å². The van der Waals surface area contributed by atoms with Gasteiger partial charge in [-0.05, 0) is 31.7 Å². The topological polar surface area (TPSA) is 62.6 Å². The first-order valence-corrected chi connectivity index (χ1v) is 7.99. The minimum Gasteiger partial charge on any atom is -0.468 e. The Morgan fingerprint density at radius 2 is 1.96 bits per heavy atom. The van der Waals surface area contributed by atoms with E-state index in [1.807, 2.05) is 0 Å². The van der Waals surface area contributed by atoms with Gasteiger partial charge in [-0.25, -0.2) is 0 Å². The van der Waals surface area contributed by atoms with Gasteiger partial charge < -0.3 is 14.6 Å². The Labute approximate surface area is 137 Å². The van der Waals surface area contributed by atoms with Gasteiger partial charge in [-0.3, -0.25) is 9.59 Å². The molecule has 8 heteroatoms. The molecule has 0 bridgehead atoms. The molecule has 1 N–H and O–H groups in total. The summed E-state index contributed by atoms with van der Waals surface area (Å²) in [6, 6.07) is -0.871. The fourth-order valence-electron chi connectivity index (χ4n) is 3.25. The highest BCUT2D eigenvalue weighted by Gasteiger charge is 2.49. The molecule has 1 aliphatic carbocycles. The molecule has 1 saturated heterocycles. The van der Waals surface area contributed by atoms with E-state index in [1.54, 1.807) is 0 Å². The standard InChI is InChI=1S/C16H19F3N2O3/c1-9(22)20-11-4-5-13(16(17,18)19)21(8-11)15(23)12-6-7-24-14(12)10-2-3-10/h6-7,10-11,13H,2-5,8H2,1H3,(H,20,22)/t11-,13-/m1/s1. The lowest BCUT2D eigenvalue weighted by atomic mass is 9.96. The minimum absolute atomic E-state index is 0.124. The zero-order chi connectivity index (χ0) is 17.5. The van der Waals surface area contributed by atoms with Crippen molar-refractivity contribution in [2.45, 2.75) is 56.8 Å². The van der Waals surface area contributed by atoms with Gasteiger partial charge in [0.25, 0.3) is 5.91 Å². The lowest BCUT2D eigenvalue weighted by molar-refractivity contribution is -0.184. The van der Waals surface area contributed by atoms with E-state index >= 15 is 0 Å². The van der Waals surface area contributed by atoms with Crippen LogP contribution in [0.1, 0.15) is 54.6 Å². The number of amides is 2. The summed E-state index contributed by atoms with van der Waals surface area (Å²) in [5.74, 6) is -0.398. The Hall–Kier alpha value is -1.99. The summed E-state index contributed by atoms with van der Waals surface area (Å²) in [5, 5.41) is 2.61. The Kier molecular flexibility index (Phi) is 4.31. The molecule has 3 rings (SSSR count). The van der Waals surface area contributed by atoms with Crippen LogP contribution in [0.15, 0.2) is 16.7 Å². The van der Waals surface area contributed by atoms with Crippen LogP contribution >= 0.6 is 0 Å². The van der Waals surface area contributed by atoms with Crippen molar-refractivity contribution in [2.75, 3.05) is 6.54 Å². The fraction of sp³-hybridized carbons (Fsp3) is 0.625. The van der Waals surface area contributed by atoms with Crippen molar-refractivity contribution >= 4 is 11.8 Å². The molecule has 2 heterocycles. The number of rotatable bonds is 3. The molecule has 2 aliphatic rings. The molecule has 0 aromatic carbocycles. The lowest BCUT2D eigenvalue weighted by Gasteiger charge is -2.40. The van der Waals surface area contributed by atoms with Gasteiger partial charge in [0.2, 0.25) is 5.91 Å². The molecule has 2 amide bonds. The van der Waals surface area contributed by atoms with E-state index in [0.717, 1.165) is 17.7 Å². The van der Waals surface area contributed by atoms with Crippen LogP contribution in [0.3, 0.4) is 0 Å². The molecule has 2 fully saturated rings. The van der Waals surface area contributed by atoms with Gasteiger partial charge in [0.05, 0.1) is 11.8 Å². The van der Waals surface area contributed by atoms with Gasteiger partial charge in [-0.2, -0.15) is 13.2 Å². The van der Waals surface area contributed by atoms with Crippen molar-refractivity contribution in [2.24, 2.45) is 0 Å². The fourth-order valence-corrected chi connectivity index (χ4v) is 3.25. The maximum Gasteiger partial charge on any atom is 0.408 e. The molecule has 0 unspecified atom stereocenters. The summed E-state index contributed by atoms with van der Waals surface area (Å²) in [4.78, 5) is 24.8. The van der Waals surface area contributed by atoms with Crippen molar-refractivity contribution in [1.29, 1.82) is 0 Å². The summed E-state index contributed by atoms with van der Waals surface area (Å²) >= 11 is 0. The van der Waals surface area contributed by atoms with Crippen molar-refractivity contribution in [3.8, 4) is 0 Å². The van der Waals surface area contributed by atoms with Crippen LogP contribution in [0, 0.1) is 0 Å². The molecular weight excluding hydrogens is 325 g/mol. The van der Waals surface area contributed by atoms with Gasteiger partial charge in [0, 0.05) is 25.4 Å². The normalized spacial score (nSPS) is 24.8. The summed E-state index contributed by atoms with van der Waals surface area (Å²) in [6.07, 6.45) is -1.43. The molecular formula is C16H19F3N2O3. The van der Waals surface area contributed by atoms with Crippen LogP contribution in [0.5, 0.6) is 0 Å². The number of carbonyl (C=O) groups excluding carboxylic acids is 2. The van der Waals surface area contributed by atoms with E-state index in [0.29, 0.717) is 5.76 Å². The van der Waals surface area contributed by atoms with E-state index < -0.39 is 24.2 Å². The second-order valence-electron chi connectivity index (χ2n) is 6.46. The number of hydrogen-bond acceptors (Lipinski definition) is 3. The molecule has 1 aromatic rings. The summed E-state index contributed by atoms with van der Waals surface area (Å²) < 4.78 is 45.4. The third-order valence-corrected chi connectivity index (χ3v) is 4.50. The molecule has 2 atom stereocenters. The summed E-state index contributed by atoms with van der Waals surface area (Å²) in [6.45, 7) is 1.15. The van der Waals surface area contributed by atoms with E-state index in [-0.39, 0.29) is 36.8 Å². The Balaban J connectivity index is 1.85. The zero-order valence-electron chi connectivity index (χ0n) is 13.2. The van der Waals surface area contributed by atoms with E-state index in [9.17, 15) is 22.8 Å². The monoisotopic (exact) mass is 344 g/mol. The molecule has 24 heavy (non-hydrogen) atoms. The van der Waals surface area contributed by atoms with Crippen LogP contribution < -0.4 is 5.32 Å². The first-order chi connectivity index (χ1) is 11.3. The molecule has 132 valence electrons. The predicted molar refractivity (Wildman–Crippen MR) is 78.4 cm³/mol. The number of furan rings is 1. The van der Waals surface area contributed by atoms with Gasteiger partial charge in [0.1, 0.15) is 11.8 Å². The van der Waals surface area contributed by atoms with E-state index in [1.165, 1.54) is 19.3 Å².